The van der Waals surface area contributed by atoms with Gasteiger partial charge in [-0.25, -0.2) is 0 Å². The third kappa shape index (κ3) is 11.0. The molecule has 0 spiro atoms. The second-order valence-electron chi connectivity index (χ2n) is 18.3. The number of hydrogen-bond acceptors (Lipinski definition) is 6. The molecule has 6 rings (SSSR count). The van der Waals surface area contributed by atoms with E-state index in [1.165, 1.54) is 38.5 Å². The zero-order valence-electron chi connectivity index (χ0n) is 36.7. The summed E-state index contributed by atoms with van der Waals surface area (Å²) < 4.78 is 13.4. The van der Waals surface area contributed by atoms with E-state index >= 15 is 0 Å². The first-order chi connectivity index (χ1) is 28.9. The van der Waals surface area contributed by atoms with Crippen molar-refractivity contribution in [3.63, 3.8) is 0 Å². The maximum atomic E-state index is 13.4. The van der Waals surface area contributed by atoms with Crippen LogP contribution in [-0.2, 0) is 21.2 Å². The summed E-state index contributed by atoms with van der Waals surface area (Å²) >= 11 is 0. The van der Waals surface area contributed by atoms with Crippen molar-refractivity contribution in [2.45, 2.75) is 108 Å². The monoisotopic (exact) mass is 829 g/mol. The van der Waals surface area contributed by atoms with Gasteiger partial charge in [0.1, 0.15) is 17.8 Å². The fourth-order valence-electron chi connectivity index (χ4n) is 8.75. The smallest absolute Gasteiger partial charge is 0.248 e. The van der Waals surface area contributed by atoms with Gasteiger partial charge in [0.05, 0.1) is 11.6 Å². The number of fused-ring (bicyclic) bond motifs is 1. The lowest BCUT2D eigenvalue weighted by Gasteiger charge is -2.39. The number of rotatable bonds is 22. The van der Waals surface area contributed by atoms with Gasteiger partial charge < -0.3 is 30.1 Å². The lowest BCUT2D eigenvalue weighted by Crippen LogP contribution is -2.49. The molecule has 1 aromatic heterocycles. The van der Waals surface area contributed by atoms with E-state index in [2.05, 4.69) is 79.4 Å². The number of pyridine rings is 1. The summed E-state index contributed by atoms with van der Waals surface area (Å²) in [6, 6.07) is 38.0. The number of amides is 1. The van der Waals surface area contributed by atoms with Crippen molar-refractivity contribution < 1.29 is 14.0 Å². The highest BCUT2D eigenvalue weighted by Crippen LogP contribution is 2.44. The molecule has 8 nitrogen and oxygen atoms in total. The van der Waals surface area contributed by atoms with E-state index in [9.17, 15) is 9.59 Å². The third-order valence-corrected chi connectivity index (χ3v) is 17.6. The minimum Gasteiger partial charge on any atom is -0.487 e. The van der Waals surface area contributed by atoms with Gasteiger partial charge in [-0.15, -0.1) is 0 Å². The molecule has 1 saturated heterocycles. The zero-order valence-corrected chi connectivity index (χ0v) is 37.7. The lowest BCUT2D eigenvalue weighted by atomic mass is 9.64. The summed E-state index contributed by atoms with van der Waals surface area (Å²) in [7, 11) is -2.14. The van der Waals surface area contributed by atoms with Crippen molar-refractivity contribution in [2.24, 2.45) is 11.7 Å². The van der Waals surface area contributed by atoms with Gasteiger partial charge >= 0.3 is 0 Å². The van der Waals surface area contributed by atoms with Crippen LogP contribution in [0.1, 0.15) is 100 Å². The minimum atomic E-state index is -2.14. The second kappa shape index (κ2) is 20.8. The van der Waals surface area contributed by atoms with E-state index in [1.807, 2.05) is 78.9 Å². The van der Waals surface area contributed by atoms with Crippen LogP contribution in [0.5, 0.6) is 5.75 Å². The molecule has 0 radical (unpaired) electrons. The normalized spacial score (nSPS) is 15.7. The number of hydrogen-bond donors (Lipinski definition) is 3. The van der Waals surface area contributed by atoms with Gasteiger partial charge in [-0.2, -0.15) is 0 Å². The van der Waals surface area contributed by atoms with Gasteiger partial charge in [-0.1, -0.05) is 150 Å². The number of nitrogens with two attached hydrogens (primary N) is 1. The molecule has 1 amide bonds. The standard InChI is InChI=1S/C51H68N4O4Si/c1-50(2,3)60(4,5)59-46(43-28-30-45(48-44(43)29-31-47(56)54-48)58-38-39-22-14-11-15-23-39)36-53-33-20-9-7-6-8-10-21-34-55-35-32-42(37-55)51(49(52)57,40-24-16-12-17-25-40)41-26-18-13-19-27-41/h11-19,22-31,42,46,53H,6-10,20-21,32-38H2,1-5H3,(H2,52,57)(H,54,56)/t42-,46-/m1/s1. The van der Waals surface area contributed by atoms with Crippen LogP contribution in [0.25, 0.3) is 10.9 Å². The number of aromatic nitrogens is 1. The van der Waals surface area contributed by atoms with Gasteiger partial charge in [-0.3, -0.25) is 9.59 Å². The Bertz CT molecular complexity index is 2110. The second-order valence-corrected chi connectivity index (χ2v) is 23.0. The predicted molar refractivity (Wildman–Crippen MR) is 249 cm³/mol. The fourth-order valence-corrected chi connectivity index (χ4v) is 10.0. The van der Waals surface area contributed by atoms with Gasteiger partial charge in [0.15, 0.2) is 8.32 Å². The molecule has 2 atom stereocenters. The van der Waals surface area contributed by atoms with Crippen LogP contribution in [0.2, 0.25) is 18.1 Å². The van der Waals surface area contributed by atoms with Crippen LogP contribution >= 0.6 is 0 Å². The molecule has 0 bridgehead atoms. The molecule has 1 aliphatic rings. The number of likely N-dealkylation sites (tertiary alicyclic amines) is 1. The van der Waals surface area contributed by atoms with Crippen molar-refractivity contribution in [1.29, 1.82) is 0 Å². The predicted octanol–water partition coefficient (Wildman–Crippen LogP) is 10.3. The van der Waals surface area contributed by atoms with Crippen LogP contribution in [-0.4, -0.2) is 56.8 Å². The van der Waals surface area contributed by atoms with E-state index in [-0.39, 0.29) is 28.5 Å². The maximum absolute atomic E-state index is 13.4. The van der Waals surface area contributed by atoms with Crippen LogP contribution in [0, 0.1) is 5.92 Å². The first-order valence-corrected chi connectivity index (χ1v) is 25.2. The minimum absolute atomic E-state index is 0.0482. The summed E-state index contributed by atoms with van der Waals surface area (Å²) in [6.45, 7) is 16.4. The Morgan fingerprint density at radius 3 is 2.03 bits per heavy atom. The summed E-state index contributed by atoms with van der Waals surface area (Å²) in [5.74, 6) is 0.537. The highest BCUT2D eigenvalue weighted by molar-refractivity contribution is 6.74. The Morgan fingerprint density at radius 1 is 0.817 bits per heavy atom. The highest BCUT2D eigenvalue weighted by atomic mass is 28.4. The number of carbonyl (C=O) groups excluding carboxylic acids is 1. The van der Waals surface area contributed by atoms with Crippen LogP contribution < -0.4 is 21.3 Å². The number of benzene rings is 4. The molecule has 320 valence electrons. The number of nitrogens with zero attached hydrogens (tertiary/aromatic N) is 1. The molecule has 4 aromatic carbocycles. The van der Waals surface area contributed by atoms with Crippen LogP contribution in [0.15, 0.2) is 120 Å². The van der Waals surface area contributed by atoms with E-state index in [1.54, 1.807) is 6.07 Å². The highest BCUT2D eigenvalue weighted by Gasteiger charge is 2.49. The number of unbranched alkanes of at least 4 members (excludes halogenated alkanes) is 6. The molecular weight excluding hydrogens is 761 g/mol. The summed E-state index contributed by atoms with van der Waals surface area (Å²) in [5, 5.41) is 4.74. The maximum Gasteiger partial charge on any atom is 0.248 e. The summed E-state index contributed by atoms with van der Waals surface area (Å²) in [6.07, 6.45) is 9.21. The van der Waals surface area contributed by atoms with Gasteiger partial charge in [0.25, 0.3) is 0 Å². The average molecular weight is 829 g/mol. The van der Waals surface area contributed by atoms with E-state index in [4.69, 9.17) is 14.9 Å². The van der Waals surface area contributed by atoms with Gasteiger partial charge in [0.2, 0.25) is 11.5 Å². The fraction of sp³-hybridized carbons (Fsp3) is 0.451. The molecule has 1 aliphatic heterocycles. The van der Waals surface area contributed by atoms with Crippen molar-refractivity contribution in [3.8, 4) is 5.75 Å². The third-order valence-electron chi connectivity index (χ3n) is 13.1. The Morgan fingerprint density at radius 2 is 1.42 bits per heavy atom. The van der Waals surface area contributed by atoms with Crippen LogP contribution in [0.4, 0.5) is 0 Å². The Kier molecular flexibility index (Phi) is 15.6. The molecular formula is C51H68N4O4Si. The number of carbonyl (C=O) groups is 1. The summed E-state index contributed by atoms with van der Waals surface area (Å²) in [4.78, 5) is 31.6. The largest absolute Gasteiger partial charge is 0.487 e. The quantitative estimate of drug-likeness (QED) is 0.0474. The Balaban J connectivity index is 0.959. The van der Waals surface area contributed by atoms with E-state index in [0.29, 0.717) is 24.4 Å². The van der Waals surface area contributed by atoms with Gasteiger partial charge in [0, 0.05) is 24.5 Å². The first kappa shape index (κ1) is 45.0. The topological polar surface area (TPSA) is 110 Å². The number of nitrogens with one attached hydrogen (secondary N) is 2. The zero-order chi connectivity index (χ0) is 42.6. The molecule has 0 saturated carbocycles. The molecule has 5 aromatic rings. The molecule has 4 N–H and O–H groups in total. The molecule has 0 unspecified atom stereocenters. The first-order valence-electron chi connectivity index (χ1n) is 22.2. The number of H-pyrrole nitrogens is 1. The van der Waals surface area contributed by atoms with Crippen LogP contribution in [0.3, 0.4) is 0 Å². The van der Waals surface area contributed by atoms with Crippen molar-refractivity contribution in [3.05, 3.63) is 148 Å². The van der Waals surface area contributed by atoms with Gasteiger partial charge in [-0.05, 0) is 97.3 Å². The molecule has 1 fully saturated rings. The SMILES string of the molecule is CC(C)(C)[Si](C)(C)O[C@H](CNCCCCCCCCCN1CC[C@@H](C(C(N)=O)(c2ccccc2)c2ccccc2)C1)c1ccc(OCc2ccccc2)c2[nH]c(=O)ccc12. The number of ether oxygens (including phenoxy) is 1. The molecule has 2 heterocycles. The Labute approximate surface area is 359 Å². The van der Waals surface area contributed by atoms with E-state index in [0.717, 1.165) is 66.7 Å². The molecule has 60 heavy (non-hydrogen) atoms. The van der Waals surface area contributed by atoms with E-state index < -0.39 is 13.7 Å². The van der Waals surface area contributed by atoms with Crippen molar-refractivity contribution >= 4 is 25.1 Å². The lowest BCUT2D eigenvalue weighted by molar-refractivity contribution is -0.123. The van der Waals surface area contributed by atoms with Crippen molar-refractivity contribution in [1.82, 2.24) is 15.2 Å². The van der Waals surface area contributed by atoms with Crippen molar-refractivity contribution in [2.75, 3.05) is 32.7 Å². The molecule has 0 aliphatic carbocycles. The summed E-state index contributed by atoms with van der Waals surface area (Å²) in [5.41, 5.74) is 10.2. The number of aromatic amines is 1. The Hall–Kier alpha value is -4.54. The molecule has 9 heteroatoms. The number of primary amides is 1. The average Bonchev–Trinajstić information content (AvgIpc) is 3.71.